The maximum Gasteiger partial charge on any atom is 0.185 e. The summed E-state index contributed by atoms with van der Waals surface area (Å²) in [6.07, 6.45) is 1.76. The highest BCUT2D eigenvalue weighted by atomic mass is 32.2. The molecule has 2 N–H and O–H groups in total. The predicted octanol–water partition coefficient (Wildman–Crippen LogP) is 1.62. The molecule has 2 atom stereocenters. The van der Waals surface area contributed by atoms with Crippen LogP contribution in [0.15, 0.2) is 23.1 Å². The molecule has 0 radical (unpaired) electrons. The Kier molecular flexibility index (Phi) is 3.18. The zero-order chi connectivity index (χ0) is 12.6. The lowest BCUT2D eigenvalue weighted by Gasteiger charge is -2.16. The zero-order valence-corrected chi connectivity index (χ0v) is 9.88. The SMILES string of the molecule is NC1CCCC1S(=O)(=O)c1ccc(F)cc1F. The molecule has 1 aromatic carbocycles. The molecule has 0 heterocycles. The van der Waals surface area contributed by atoms with Gasteiger partial charge in [0.1, 0.15) is 16.5 Å². The number of nitrogens with two attached hydrogens (primary N) is 1. The minimum atomic E-state index is -3.80. The van der Waals surface area contributed by atoms with Gasteiger partial charge in [0.2, 0.25) is 0 Å². The molecule has 0 saturated heterocycles. The van der Waals surface area contributed by atoms with Crippen LogP contribution in [0.1, 0.15) is 19.3 Å². The van der Waals surface area contributed by atoms with Crippen molar-refractivity contribution in [1.82, 2.24) is 0 Å². The zero-order valence-electron chi connectivity index (χ0n) is 9.07. The summed E-state index contributed by atoms with van der Waals surface area (Å²) in [5.41, 5.74) is 5.71. The van der Waals surface area contributed by atoms with Gasteiger partial charge in [-0.15, -0.1) is 0 Å². The lowest BCUT2D eigenvalue weighted by Crippen LogP contribution is -2.36. The van der Waals surface area contributed by atoms with Crippen molar-refractivity contribution in [3.8, 4) is 0 Å². The van der Waals surface area contributed by atoms with Gasteiger partial charge in [-0.3, -0.25) is 0 Å². The molecule has 0 aliphatic heterocycles. The van der Waals surface area contributed by atoms with Crippen molar-refractivity contribution in [1.29, 1.82) is 0 Å². The first-order valence-electron chi connectivity index (χ1n) is 5.37. The van der Waals surface area contributed by atoms with E-state index in [0.29, 0.717) is 25.3 Å². The minimum absolute atomic E-state index is 0.431. The number of hydrogen-bond acceptors (Lipinski definition) is 3. The molecular formula is C11H13F2NO2S. The van der Waals surface area contributed by atoms with Gasteiger partial charge in [-0.05, 0) is 25.0 Å². The first kappa shape index (κ1) is 12.4. The van der Waals surface area contributed by atoms with E-state index in [4.69, 9.17) is 5.73 Å². The van der Waals surface area contributed by atoms with Gasteiger partial charge in [-0.25, -0.2) is 17.2 Å². The van der Waals surface area contributed by atoms with Crippen molar-refractivity contribution >= 4 is 9.84 Å². The summed E-state index contributed by atoms with van der Waals surface area (Å²) < 4.78 is 50.5. The maximum atomic E-state index is 13.5. The summed E-state index contributed by atoms with van der Waals surface area (Å²) in [5, 5.41) is -0.762. The molecule has 2 rings (SSSR count). The van der Waals surface area contributed by atoms with Gasteiger partial charge < -0.3 is 5.73 Å². The molecule has 0 bridgehead atoms. The van der Waals surface area contributed by atoms with E-state index in [2.05, 4.69) is 0 Å². The topological polar surface area (TPSA) is 60.2 Å². The van der Waals surface area contributed by atoms with E-state index in [-0.39, 0.29) is 0 Å². The van der Waals surface area contributed by atoms with Crippen LogP contribution >= 0.6 is 0 Å². The second kappa shape index (κ2) is 4.34. The van der Waals surface area contributed by atoms with E-state index in [1.807, 2.05) is 0 Å². The van der Waals surface area contributed by atoms with Gasteiger partial charge in [0.25, 0.3) is 0 Å². The van der Waals surface area contributed by atoms with E-state index in [1.54, 1.807) is 0 Å². The van der Waals surface area contributed by atoms with Crippen molar-refractivity contribution in [2.24, 2.45) is 5.73 Å². The molecule has 1 aliphatic rings. The van der Waals surface area contributed by atoms with Gasteiger partial charge in [0.05, 0.1) is 5.25 Å². The van der Waals surface area contributed by atoms with Crippen LogP contribution < -0.4 is 5.73 Å². The van der Waals surface area contributed by atoms with Crippen molar-refractivity contribution in [3.63, 3.8) is 0 Å². The summed E-state index contributed by atoms with van der Waals surface area (Å²) >= 11 is 0. The average molecular weight is 261 g/mol. The third-order valence-electron chi connectivity index (χ3n) is 3.10. The van der Waals surface area contributed by atoms with Crippen molar-refractivity contribution in [3.05, 3.63) is 29.8 Å². The Bertz CT molecular complexity index is 530. The van der Waals surface area contributed by atoms with Crippen LogP contribution in [0.2, 0.25) is 0 Å². The number of benzene rings is 1. The van der Waals surface area contributed by atoms with Crippen LogP contribution in [0.3, 0.4) is 0 Å². The van der Waals surface area contributed by atoms with E-state index in [1.165, 1.54) is 0 Å². The Morgan fingerprint density at radius 3 is 2.47 bits per heavy atom. The highest BCUT2D eigenvalue weighted by Crippen LogP contribution is 2.30. The van der Waals surface area contributed by atoms with Crippen LogP contribution in [-0.4, -0.2) is 19.7 Å². The van der Waals surface area contributed by atoms with Crippen LogP contribution in [0.25, 0.3) is 0 Å². The molecule has 3 nitrogen and oxygen atoms in total. The molecule has 0 spiro atoms. The quantitative estimate of drug-likeness (QED) is 0.823. The van der Waals surface area contributed by atoms with E-state index < -0.39 is 37.7 Å². The molecule has 1 fully saturated rings. The average Bonchev–Trinajstić information content (AvgIpc) is 2.64. The summed E-state index contributed by atoms with van der Waals surface area (Å²) in [7, 11) is -3.80. The monoisotopic (exact) mass is 261 g/mol. The Balaban J connectivity index is 2.44. The normalized spacial score (nSPS) is 25.1. The van der Waals surface area contributed by atoms with Crippen LogP contribution in [0.5, 0.6) is 0 Å². The Morgan fingerprint density at radius 2 is 1.94 bits per heavy atom. The third kappa shape index (κ3) is 2.19. The molecule has 1 aromatic rings. The first-order chi connectivity index (χ1) is 7.93. The Labute approximate surface area is 98.5 Å². The highest BCUT2D eigenvalue weighted by molar-refractivity contribution is 7.92. The first-order valence-corrected chi connectivity index (χ1v) is 6.92. The summed E-state index contributed by atoms with van der Waals surface area (Å²) in [6, 6.07) is 2.01. The number of hydrogen-bond donors (Lipinski definition) is 1. The summed E-state index contributed by atoms with van der Waals surface area (Å²) in [4.78, 5) is -0.457. The fourth-order valence-electron chi connectivity index (χ4n) is 2.21. The maximum absolute atomic E-state index is 13.5. The van der Waals surface area contributed by atoms with E-state index in [9.17, 15) is 17.2 Å². The largest absolute Gasteiger partial charge is 0.327 e. The molecule has 94 valence electrons. The molecule has 1 saturated carbocycles. The lowest BCUT2D eigenvalue weighted by molar-refractivity contribution is 0.537. The van der Waals surface area contributed by atoms with Crippen LogP contribution in [0.4, 0.5) is 8.78 Å². The van der Waals surface area contributed by atoms with Crippen LogP contribution in [-0.2, 0) is 9.84 Å². The standard InChI is InChI=1S/C11H13F2NO2S/c12-7-4-5-10(8(13)6-7)17(15,16)11-3-1-2-9(11)14/h4-6,9,11H,1-3,14H2. The lowest BCUT2D eigenvalue weighted by atomic mass is 10.3. The molecule has 0 amide bonds. The van der Waals surface area contributed by atoms with Crippen molar-refractivity contribution < 1.29 is 17.2 Å². The molecule has 6 heteroatoms. The number of rotatable bonds is 2. The van der Waals surface area contributed by atoms with Crippen LogP contribution in [0, 0.1) is 11.6 Å². The number of halogens is 2. The second-order valence-corrected chi connectivity index (χ2v) is 6.39. The van der Waals surface area contributed by atoms with Gasteiger partial charge in [-0.2, -0.15) is 0 Å². The highest BCUT2D eigenvalue weighted by Gasteiger charge is 2.37. The van der Waals surface area contributed by atoms with E-state index >= 15 is 0 Å². The molecule has 0 aromatic heterocycles. The van der Waals surface area contributed by atoms with Crippen molar-refractivity contribution in [2.45, 2.75) is 35.4 Å². The Hall–Kier alpha value is -1.01. The molecule has 2 unspecified atom stereocenters. The van der Waals surface area contributed by atoms with Gasteiger partial charge in [-0.1, -0.05) is 6.42 Å². The molecule has 17 heavy (non-hydrogen) atoms. The van der Waals surface area contributed by atoms with Crippen molar-refractivity contribution in [2.75, 3.05) is 0 Å². The van der Waals surface area contributed by atoms with Gasteiger partial charge in [0, 0.05) is 12.1 Å². The predicted molar refractivity (Wildman–Crippen MR) is 59.2 cm³/mol. The minimum Gasteiger partial charge on any atom is -0.327 e. The van der Waals surface area contributed by atoms with Gasteiger partial charge >= 0.3 is 0 Å². The van der Waals surface area contributed by atoms with Gasteiger partial charge in [0.15, 0.2) is 9.84 Å². The fourth-order valence-corrected chi connectivity index (χ4v) is 4.20. The fraction of sp³-hybridized carbons (Fsp3) is 0.455. The smallest absolute Gasteiger partial charge is 0.185 e. The summed E-state index contributed by atoms with van der Waals surface area (Å²) in [5.74, 6) is -1.85. The van der Waals surface area contributed by atoms with E-state index in [0.717, 1.165) is 12.1 Å². The summed E-state index contributed by atoms with van der Waals surface area (Å²) in [6.45, 7) is 0. The molecule has 1 aliphatic carbocycles. The Morgan fingerprint density at radius 1 is 1.24 bits per heavy atom. The second-order valence-electron chi connectivity index (χ2n) is 4.25. The number of sulfone groups is 1. The molecular weight excluding hydrogens is 248 g/mol. The third-order valence-corrected chi connectivity index (χ3v) is 5.43.